The SMILES string of the molecule is CCN(CC)CC1CCN(C(=NC)NCC(=O)OC(C)(C)C)C1.I. The Kier molecular flexibility index (Phi) is 10.9. The van der Waals surface area contributed by atoms with Crippen molar-refractivity contribution in [1.29, 1.82) is 0 Å². The van der Waals surface area contributed by atoms with Crippen LogP contribution in [0.3, 0.4) is 0 Å². The summed E-state index contributed by atoms with van der Waals surface area (Å²) < 4.78 is 5.32. The molecule has 0 aliphatic carbocycles. The normalized spacial score (nSPS) is 18.5. The second-order valence-corrected chi connectivity index (χ2v) is 7.07. The molecule has 0 saturated carbocycles. The number of aliphatic imine (C=N–C) groups is 1. The molecule has 0 aromatic heterocycles. The monoisotopic (exact) mass is 454 g/mol. The summed E-state index contributed by atoms with van der Waals surface area (Å²) in [5.41, 5.74) is -0.454. The molecule has 1 unspecified atom stereocenters. The Labute approximate surface area is 164 Å². The molecule has 1 aliphatic heterocycles. The number of carbonyl (C=O) groups is 1. The van der Waals surface area contributed by atoms with Crippen LogP contribution in [0, 0.1) is 5.92 Å². The zero-order valence-electron chi connectivity index (χ0n) is 16.1. The van der Waals surface area contributed by atoms with E-state index in [2.05, 4.69) is 34.0 Å². The van der Waals surface area contributed by atoms with Gasteiger partial charge in [0.25, 0.3) is 0 Å². The summed E-state index contributed by atoms with van der Waals surface area (Å²) in [6.07, 6.45) is 1.17. The van der Waals surface area contributed by atoms with E-state index in [0.29, 0.717) is 5.92 Å². The van der Waals surface area contributed by atoms with Crippen LogP contribution in [0.25, 0.3) is 0 Å². The number of hydrogen-bond donors (Lipinski definition) is 1. The number of halogens is 1. The smallest absolute Gasteiger partial charge is 0.325 e. The van der Waals surface area contributed by atoms with Crippen LogP contribution < -0.4 is 5.32 Å². The van der Waals surface area contributed by atoms with Crippen molar-refractivity contribution >= 4 is 35.9 Å². The Hall–Kier alpha value is -0.570. The molecule has 1 atom stereocenters. The van der Waals surface area contributed by atoms with Gasteiger partial charge in [-0.2, -0.15) is 0 Å². The number of nitrogens with one attached hydrogen (secondary N) is 1. The highest BCUT2D eigenvalue weighted by molar-refractivity contribution is 14.0. The topological polar surface area (TPSA) is 57.2 Å². The van der Waals surface area contributed by atoms with Crippen LogP contribution in [-0.2, 0) is 9.53 Å². The highest BCUT2D eigenvalue weighted by Gasteiger charge is 2.26. The lowest BCUT2D eigenvalue weighted by Crippen LogP contribution is -2.43. The zero-order chi connectivity index (χ0) is 17.5. The number of likely N-dealkylation sites (tertiary alicyclic amines) is 1. The summed E-state index contributed by atoms with van der Waals surface area (Å²) in [4.78, 5) is 20.8. The van der Waals surface area contributed by atoms with Gasteiger partial charge in [-0.3, -0.25) is 9.79 Å². The molecule has 1 heterocycles. The van der Waals surface area contributed by atoms with Gasteiger partial charge in [0.05, 0.1) is 0 Å². The summed E-state index contributed by atoms with van der Waals surface area (Å²) in [7, 11) is 1.76. The molecule has 1 fully saturated rings. The standard InChI is InChI=1S/C17H34N4O2.HI/c1-7-20(8-2)12-14-9-10-21(13-14)16(18-6)19-11-15(22)23-17(3,4)5;/h14H,7-13H2,1-6H3,(H,18,19);1H. The van der Waals surface area contributed by atoms with Crippen LogP contribution in [0.1, 0.15) is 41.0 Å². The van der Waals surface area contributed by atoms with E-state index in [1.807, 2.05) is 20.8 Å². The van der Waals surface area contributed by atoms with Crippen molar-refractivity contribution in [2.45, 2.75) is 46.6 Å². The van der Waals surface area contributed by atoms with Gasteiger partial charge in [0.1, 0.15) is 12.1 Å². The molecule has 1 aliphatic rings. The third kappa shape index (κ3) is 8.50. The maximum atomic E-state index is 11.8. The van der Waals surface area contributed by atoms with Gasteiger partial charge in [0.15, 0.2) is 5.96 Å². The van der Waals surface area contributed by atoms with Gasteiger partial charge < -0.3 is 19.9 Å². The summed E-state index contributed by atoms with van der Waals surface area (Å²) in [6.45, 7) is 15.5. The first-order chi connectivity index (χ1) is 10.8. The molecule has 1 saturated heterocycles. The summed E-state index contributed by atoms with van der Waals surface area (Å²) in [6, 6.07) is 0. The highest BCUT2D eigenvalue weighted by Crippen LogP contribution is 2.17. The van der Waals surface area contributed by atoms with E-state index in [4.69, 9.17) is 4.74 Å². The molecule has 142 valence electrons. The Morgan fingerprint density at radius 2 is 1.96 bits per heavy atom. The van der Waals surface area contributed by atoms with Crippen LogP contribution in [-0.4, -0.2) is 73.6 Å². The highest BCUT2D eigenvalue weighted by atomic mass is 127. The number of esters is 1. The molecule has 0 bridgehead atoms. The Morgan fingerprint density at radius 1 is 1.33 bits per heavy atom. The second kappa shape index (κ2) is 11.1. The van der Waals surface area contributed by atoms with Crippen LogP contribution in [0.2, 0.25) is 0 Å². The lowest BCUT2D eigenvalue weighted by Gasteiger charge is -2.25. The van der Waals surface area contributed by atoms with Gasteiger partial charge in [0.2, 0.25) is 0 Å². The molecule has 0 amide bonds. The molecular weight excluding hydrogens is 419 g/mol. The van der Waals surface area contributed by atoms with Gasteiger partial charge in [0, 0.05) is 26.7 Å². The molecule has 0 aromatic carbocycles. The van der Waals surface area contributed by atoms with Crippen LogP contribution in [0.15, 0.2) is 4.99 Å². The summed E-state index contributed by atoms with van der Waals surface area (Å²) in [5, 5.41) is 3.12. The zero-order valence-corrected chi connectivity index (χ0v) is 18.4. The molecule has 24 heavy (non-hydrogen) atoms. The summed E-state index contributed by atoms with van der Waals surface area (Å²) in [5.74, 6) is 1.20. The molecule has 1 rings (SSSR count). The predicted octanol–water partition coefficient (Wildman–Crippen LogP) is 2.19. The van der Waals surface area contributed by atoms with Crippen LogP contribution in [0.5, 0.6) is 0 Å². The van der Waals surface area contributed by atoms with E-state index in [1.54, 1.807) is 7.05 Å². The number of ether oxygens (including phenoxy) is 1. The van der Waals surface area contributed by atoms with Crippen LogP contribution >= 0.6 is 24.0 Å². The Bertz CT molecular complexity index is 406. The first kappa shape index (κ1) is 23.4. The maximum absolute atomic E-state index is 11.8. The van der Waals surface area contributed by atoms with Gasteiger partial charge in [-0.15, -0.1) is 24.0 Å². The first-order valence-electron chi connectivity index (χ1n) is 8.68. The van der Waals surface area contributed by atoms with Crippen LogP contribution in [0.4, 0.5) is 0 Å². The van der Waals surface area contributed by atoms with Gasteiger partial charge >= 0.3 is 5.97 Å². The Morgan fingerprint density at radius 3 is 2.46 bits per heavy atom. The van der Waals surface area contributed by atoms with E-state index < -0.39 is 5.60 Å². The fourth-order valence-electron chi connectivity index (χ4n) is 2.88. The molecule has 0 radical (unpaired) electrons. The molecular formula is C17H35IN4O2. The second-order valence-electron chi connectivity index (χ2n) is 7.07. The third-order valence-corrected chi connectivity index (χ3v) is 4.02. The van der Waals surface area contributed by atoms with E-state index in [9.17, 15) is 4.79 Å². The fourth-order valence-corrected chi connectivity index (χ4v) is 2.88. The fraction of sp³-hybridized carbons (Fsp3) is 0.882. The summed E-state index contributed by atoms with van der Waals surface area (Å²) >= 11 is 0. The minimum absolute atomic E-state index is 0. The van der Waals surface area contributed by atoms with Crippen molar-refractivity contribution in [3.8, 4) is 0 Å². The average molecular weight is 454 g/mol. The number of carbonyl (C=O) groups excluding carboxylic acids is 1. The van der Waals surface area contributed by atoms with E-state index >= 15 is 0 Å². The van der Waals surface area contributed by atoms with Gasteiger partial charge in [-0.25, -0.2) is 0 Å². The quantitative estimate of drug-likeness (QED) is 0.289. The van der Waals surface area contributed by atoms with Crippen molar-refractivity contribution in [2.75, 3.05) is 46.3 Å². The molecule has 0 aromatic rings. The first-order valence-corrected chi connectivity index (χ1v) is 8.68. The van der Waals surface area contributed by atoms with Crippen molar-refractivity contribution in [1.82, 2.24) is 15.1 Å². The molecule has 6 nitrogen and oxygen atoms in total. The predicted molar refractivity (Wildman–Crippen MR) is 110 cm³/mol. The minimum Gasteiger partial charge on any atom is -0.459 e. The largest absolute Gasteiger partial charge is 0.459 e. The third-order valence-electron chi connectivity index (χ3n) is 4.02. The molecule has 7 heteroatoms. The minimum atomic E-state index is -0.454. The van der Waals surface area contributed by atoms with E-state index in [1.165, 1.54) is 6.42 Å². The van der Waals surface area contributed by atoms with Crippen molar-refractivity contribution in [2.24, 2.45) is 10.9 Å². The average Bonchev–Trinajstić information content (AvgIpc) is 2.92. The van der Waals surface area contributed by atoms with Crippen molar-refractivity contribution in [3.05, 3.63) is 0 Å². The van der Waals surface area contributed by atoms with Crippen molar-refractivity contribution in [3.63, 3.8) is 0 Å². The maximum Gasteiger partial charge on any atom is 0.325 e. The molecule has 1 N–H and O–H groups in total. The lowest BCUT2D eigenvalue weighted by atomic mass is 10.1. The van der Waals surface area contributed by atoms with E-state index in [-0.39, 0.29) is 36.5 Å². The van der Waals surface area contributed by atoms with Gasteiger partial charge in [-0.1, -0.05) is 13.8 Å². The number of nitrogens with zero attached hydrogens (tertiary/aromatic N) is 3. The number of hydrogen-bond acceptors (Lipinski definition) is 4. The van der Waals surface area contributed by atoms with Gasteiger partial charge in [-0.05, 0) is 46.2 Å². The van der Waals surface area contributed by atoms with E-state index in [0.717, 1.165) is 38.7 Å². The van der Waals surface area contributed by atoms with Crippen molar-refractivity contribution < 1.29 is 9.53 Å². The number of rotatable bonds is 6. The number of guanidine groups is 1. The molecule has 0 spiro atoms. The lowest BCUT2D eigenvalue weighted by molar-refractivity contribution is -0.153. The Balaban J connectivity index is 0.00000529.